The fourth-order valence-electron chi connectivity index (χ4n) is 2.83. The summed E-state index contributed by atoms with van der Waals surface area (Å²) in [5.74, 6) is -0.327. The molecule has 3 aromatic rings. The summed E-state index contributed by atoms with van der Waals surface area (Å²) in [6, 6.07) is 17.2. The van der Waals surface area contributed by atoms with Crippen LogP contribution in [0, 0.1) is 0 Å². The zero-order chi connectivity index (χ0) is 17.8. The van der Waals surface area contributed by atoms with E-state index < -0.39 is 6.04 Å². The van der Waals surface area contributed by atoms with E-state index in [1.54, 1.807) is 24.9 Å². The predicted molar refractivity (Wildman–Crippen MR) is 102 cm³/mol. The molecule has 2 aromatic carbocycles. The highest BCUT2D eigenvalue weighted by Gasteiger charge is 2.21. The minimum atomic E-state index is -0.574. The first-order valence-corrected chi connectivity index (χ1v) is 9.00. The number of nitrogens with one attached hydrogen (secondary N) is 1. The number of benzene rings is 2. The Labute approximate surface area is 151 Å². The number of carbonyl (C=O) groups excluding carboxylic acids is 2. The van der Waals surface area contributed by atoms with Crippen LogP contribution in [0.5, 0.6) is 0 Å². The van der Waals surface area contributed by atoms with E-state index in [0.717, 1.165) is 16.3 Å². The molecule has 1 unspecified atom stereocenters. The second-order valence-electron chi connectivity index (χ2n) is 6.01. The third-order valence-electron chi connectivity index (χ3n) is 4.13. The van der Waals surface area contributed by atoms with E-state index in [1.165, 1.54) is 11.3 Å². The molecule has 5 heteroatoms. The van der Waals surface area contributed by atoms with Gasteiger partial charge in [-0.2, -0.15) is 0 Å². The van der Waals surface area contributed by atoms with Gasteiger partial charge in [-0.15, -0.1) is 11.3 Å². The second-order valence-corrected chi connectivity index (χ2v) is 6.95. The highest BCUT2D eigenvalue weighted by Crippen LogP contribution is 2.20. The largest absolute Gasteiger partial charge is 0.340 e. The van der Waals surface area contributed by atoms with Crippen LogP contribution >= 0.6 is 11.3 Å². The number of hydrogen-bond acceptors (Lipinski definition) is 3. The summed E-state index contributed by atoms with van der Waals surface area (Å²) in [6.45, 7) is 2.22. The minimum absolute atomic E-state index is 0.113. The van der Waals surface area contributed by atoms with E-state index in [4.69, 9.17) is 0 Å². The molecule has 25 heavy (non-hydrogen) atoms. The molecule has 0 aliphatic rings. The lowest BCUT2D eigenvalue weighted by molar-refractivity contribution is -0.132. The van der Waals surface area contributed by atoms with E-state index in [-0.39, 0.29) is 11.8 Å². The summed E-state index contributed by atoms with van der Waals surface area (Å²) >= 11 is 1.36. The van der Waals surface area contributed by atoms with E-state index >= 15 is 0 Å². The third-order valence-corrected chi connectivity index (χ3v) is 5.00. The van der Waals surface area contributed by atoms with Crippen molar-refractivity contribution in [3.05, 3.63) is 70.4 Å². The fraction of sp³-hybridized carbons (Fsp3) is 0.200. The maximum absolute atomic E-state index is 12.6. The van der Waals surface area contributed by atoms with E-state index in [0.29, 0.717) is 11.4 Å². The molecule has 128 valence electrons. The van der Waals surface area contributed by atoms with Gasteiger partial charge in [-0.3, -0.25) is 9.59 Å². The van der Waals surface area contributed by atoms with Crippen LogP contribution in [0.25, 0.3) is 10.8 Å². The molecule has 0 radical (unpaired) electrons. The highest BCUT2D eigenvalue weighted by atomic mass is 32.1. The van der Waals surface area contributed by atoms with Gasteiger partial charge in [-0.05, 0) is 34.7 Å². The average molecular weight is 352 g/mol. The average Bonchev–Trinajstić information content (AvgIpc) is 3.16. The van der Waals surface area contributed by atoms with Gasteiger partial charge in [0.1, 0.15) is 6.04 Å². The molecule has 0 bridgehead atoms. The minimum Gasteiger partial charge on any atom is -0.340 e. The molecule has 1 atom stereocenters. The molecule has 1 heterocycles. The molecular weight excluding hydrogens is 332 g/mol. The summed E-state index contributed by atoms with van der Waals surface area (Å²) in [6.07, 6.45) is 0. The van der Waals surface area contributed by atoms with E-state index in [1.807, 2.05) is 35.7 Å². The van der Waals surface area contributed by atoms with Gasteiger partial charge < -0.3 is 10.2 Å². The first kappa shape index (κ1) is 17.2. The highest BCUT2D eigenvalue weighted by molar-refractivity contribution is 7.12. The van der Waals surface area contributed by atoms with Crippen LogP contribution in [-0.2, 0) is 11.3 Å². The van der Waals surface area contributed by atoms with Crippen molar-refractivity contribution in [2.45, 2.75) is 19.5 Å². The Morgan fingerprint density at radius 2 is 1.84 bits per heavy atom. The first-order valence-electron chi connectivity index (χ1n) is 8.12. The van der Waals surface area contributed by atoms with Gasteiger partial charge in [0, 0.05) is 13.6 Å². The Balaban J connectivity index is 1.68. The van der Waals surface area contributed by atoms with Crippen molar-refractivity contribution in [3.63, 3.8) is 0 Å². The number of rotatable bonds is 5. The Hall–Kier alpha value is -2.66. The number of nitrogens with zero attached hydrogens (tertiary/aromatic N) is 1. The van der Waals surface area contributed by atoms with Crippen molar-refractivity contribution in [2.24, 2.45) is 0 Å². The molecule has 1 aromatic heterocycles. The second kappa shape index (κ2) is 7.49. The SMILES string of the molecule is CC(NC(=O)c1cccs1)C(=O)N(C)Cc1cccc2ccccc12. The van der Waals surface area contributed by atoms with Crippen LogP contribution in [0.4, 0.5) is 0 Å². The number of amides is 2. The van der Waals surface area contributed by atoms with Crippen molar-refractivity contribution in [3.8, 4) is 0 Å². The monoisotopic (exact) mass is 352 g/mol. The van der Waals surface area contributed by atoms with Crippen LogP contribution < -0.4 is 5.32 Å². The van der Waals surface area contributed by atoms with Crippen molar-refractivity contribution in [1.29, 1.82) is 0 Å². The van der Waals surface area contributed by atoms with Gasteiger partial charge in [0.2, 0.25) is 5.91 Å². The van der Waals surface area contributed by atoms with E-state index in [2.05, 4.69) is 23.5 Å². The molecule has 4 nitrogen and oxygen atoms in total. The lowest BCUT2D eigenvalue weighted by atomic mass is 10.0. The van der Waals surface area contributed by atoms with Crippen LogP contribution in [-0.4, -0.2) is 29.8 Å². The lowest BCUT2D eigenvalue weighted by Crippen LogP contribution is -2.45. The van der Waals surface area contributed by atoms with Gasteiger partial charge in [0.05, 0.1) is 4.88 Å². The molecule has 3 rings (SSSR count). The Kier molecular flexibility index (Phi) is 5.14. The quantitative estimate of drug-likeness (QED) is 0.761. The maximum Gasteiger partial charge on any atom is 0.261 e. The molecule has 0 fully saturated rings. The molecule has 0 aliphatic carbocycles. The number of thiophene rings is 1. The normalized spacial score (nSPS) is 11.9. The molecule has 1 N–H and O–H groups in total. The van der Waals surface area contributed by atoms with Crippen molar-refractivity contribution >= 4 is 33.9 Å². The summed E-state index contributed by atoms with van der Waals surface area (Å²) < 4.78 is 0. The standard InChI is InChI=1S/C20H20N2O2S/c1-14(21-19(23)18-11-6-12-25-18)20(24)22(2)13-16-9-5-8-15-7-3-4-10-17(15)16/h3-12,14H,13H2,1-2H3,(H,21,23). The van der Waals surface area contributed by atoms with Crippen molar-refractivity contribution in [2.75, 3.05) is 7.05 Å². The predicted octanol–water partition coefficient (Wildman–Crippen LogP) is 3.68. The van der Waals surface area contributed by atoms with Gasteiger partial charge in [-0.25, -0.2) is 0 Å². The first-order chi connectivity index (χ1) is 12.1. The third kappa shape index (κ3) is 3.88. The summed E-state index contributed by atoms with van der Waals surface area (Å²) in [5.41, 5.74) is 1.09. The number of carbonyl (C=O) groups is 2. The Bertz CT molecular complexity index is 884. The van der Waals surface area contributed by atoms with Crippen LogP contribution in [0.3, 0.4) is 0 Å². The van der Waals surface area contributed by atoms with Gasteiger partial charge >= 0.3 is 0 Å². The number of hydrogen-bond donors (Lipinski definition) is 1. The molecular formula is C20H20N2O2S. The van der Waals surface area contributed by atoms with Crippen molar-refractivity contribution in [1.82, 2.24) is 10.2 Å². The van der Waals surface area contributed by atoms with E-state index in [9.17, 15) is 9.59 Å². The summed E-state index contributed by atoms with van der Waals surface area (Å²) in [4.78, 5) is 27.0. The maximum atomic E-state index is 12.6. The Morgan fingerprint density at radius 1 is 1.08 bits per heavy atom. The van der Waals surface area contributed by atoms with Crippen LogP contribution in [0.1, 0.15) is 22.2 Å². The van der Waals surface area contributed by atoms with Gasteiger partial charge in [-0.1, -0.05) is 48.5 Å². The zero-order valence-electron chi connectivity index (χ0n) is 14.2. The summed E-state index contributed by atoms with van der Waals surface area (Å²) in [5, 5.41) is 6.90. The molecule has 0 spiro atoms. The van der Waals surface area contributed by atoms with Gasteiger partial charge in [0.25, 0.3) is 5.91 Å². The Morgan fingerprint density at radius 3 is 2.60 bits per heavy atom. The zero-order valence-corrected chi connectivity index (χ0v) is 15.0. The molecule has 2 amide bonds. The molecule has 0 saturated heterocycles. The van der Waals surface area contributed by atoms with Crippen LogP contribution in [0.2, 0.25) is 0 Å². The van der Waals surface area contributed by atoms with Crippen molar-refractivity contribution < 1.29 is 9.59 Å². The number of fused-ring (bicyclic) bond motifs is 1. The number of likely N-dealkylation sites (N-methyl/N-ethyl adjacent to an activating group) is 1. The topological polar surface area (TPSA) is 49.4 Å². The van der Waals surface area contributed by atoms with Gasteiger partial charge in [0.15, 0.2) is 0 Å². The fourth-order valence-corrected chi connectivity index (χ4v) is 3.46. The smallest absolute Gasteiger partial charge is 0.261 e. The summed E-state index contributed by atoms with van der Waals surface area (Å²) in [7, 11) is 1.76. The van der Waals surface area contributed by atoms with Crippen LogP contribution in [0.15, 0.2) is 60.0 Å². The molecule has 0 aliphatic heterocycles. The molecule has 0 saturated carbocycles. The lowest BCUT2D eigenvalue weighted by Gasteiger charge is -2.22.